The summed E-state index contributed by atoms with van der Waals surface area (Å²) in [7, 11) is 1.31. The zero-order chi connectivity index (χ0) is 16.8. The lowest BCUT2D eigenvalue weighted by atomic mass is 10.1. The van der Waals surface area contributed by atoms with Gasteiger partial charge in [-0.3, -0.25) is 0 Å². The van der Waals surface area contributed by atoms with Gasteiger partial charge in [0.05, 0.1) is 7.11 Å². The van der Waals surface area contributed by atoms with Crippen molar-refractivity contribution in [3.8, 4) is 0 Å². The fourth-order valence-electron chi connectivity index (χ4n) is 1.52. The van der Waals surface area contributed by atoms with Gasteiger partial charge in [0.2, 0.25) is 5.89 Å². The third-order valence-corrected chi connectivity index (χ3v) is 2.61. The number of carbonyl (C=O) groups excluding carboxylic acids is 1. The van der Waals surface area contributed by atoms with Crippen LogP contribution in [0.3, 0.4) is 0 Å². The van der Waals surface area contributed by atoms with Gasteiger partial charge in [0.1, 0.15) is 6.26 Å². The molecule has 0 fully saturated rings. The largest absolute Gasteiger partial charge is 0.464 e. The van der Waals surface area contributed by atoms with E-state index in [1.54, 1.807) is 6.08 Å². The van der Waals surface area contributed by atoms with Gasteiger partial charge in [-0.1, -0.05) is 58.1 Å². The van der Waals surface area contributed by atoms with Crippen LogP contribution in [0.15, 0.2) is 41.1 Å². The van der Waals surface area contributed by atoms with Crippen molar-refractivity contribution in [2.24, 2.45) is 5.92 Å². The van der Waals surface area contributed by atoms with Gasteiger partial charge >= 0.3 is 5.97 Å². The molecule has 1 unspecified atom stereocenters. The number of oxazole rings is 1. The summed E-state index contributed by atoms with van der Waals surface area (Å²) in [6.07, 6.45) is 15.3. The Morgan fingerprint density at radius 2 is 2.09 bits per heavy atom. The standard InChI is InChI=1S/C16H21NO3.C2H6/c1-4-5-9-13(2)10-7-6-8-11-15-17-14(12-20-15)16(18)19-3;1-2/h5-9,11-13H,4,10H2,1-3H3;1-2H3/b7-6+,9-5-,11-8-;. The second-order valence-corrected chi connectivity index (χ2v) is 4.40. The monoisotopic (exact) mass is 305 g/mol. The van der Waals surface area contributed by atoms with Gasteiger partial charge in [-0.15, -0.1) is 0 Å². The molecule has 0 radical (unpaired) electrons. The van der Waals surface area contributed by atoms with Crippen molar-refractivity contribution in [3.63, 3.8) is 0 Å². The molecule has 0 spiro atoms. The summed E-state index contributed by atoms with van der Waals surface area (Å²) in [5.41, 5.74) is 0.175. The van der Waals surface area contributed by atoms with Crippen LogP contribution in [0.5, 0.6) is 0 Å². The maximum atomic E-state index is 11.2. The van der Waals surface area contributed by atoms with E-state index in [-0.39, 0.29) is 5.69 Å². The summed E-state index contributed by atoms with van der Waals surface area (Å²) in [6.45, 7) is 8.30. The molecule has 1 atom stereocenters. The van der Waals surface area contributed by atoms with Crippen molar-refractivity contribution in [1.82, 2.24) is 4.98 Å². The Bertz CT molecular complexity index is 498. The van der Waals surface area contributed by atoms with Crippen LogP contribution in [0.2, 0.25) is 0 Å². The molecule has 0 aliphatic heterocycles. The first kappa shape index (κ1) is 19.9. The van der Waals surface area contributed by atoms with Gasteiger partial charge in [0.25, 0.3) is 0 Å². The first-order chi connectivity index (χ1) is 10.7. The van der Waals surface area contributed by atoms with Crippen molar-refractivity contribution in [3.05, 3.63) is 48.2 Å². The van der Waals surface area contributed by atoms with E-state index in [1.807, 2.05) is 26.0 Å². The molecule has 0 aliphatic carbocycles. The van der Waals surface area contributed by atoms with Gasteiger partial charge in [-0.2, -0.15) is 0 Å². The Morgan fingerprint density at radius 3 is 2.73 bits per heavy atom. The number of hydrogen-bond acceptors (Lipinski definition) is 4. The molecule has 122 valence electrons. The van der Waals surface area contributed by atoms with Crippen LogP contribution in [0.1, 0.15) is 56.9 Å². The lowest BCUT2D eigenvalue weighted by molar-refractivity contribution is 0.0594. The summed E-state index contributed by atoms with van der Waals surface area (Å²) >= 11 is 0. The lowest BCUT2D eigenvalue weighted by Crippen LogP contribution is -2.00. The highest BCUT2D eigenvalue weighted by Gasteiger charge is 2.10. The molecule has 0 saturated heterocycles. The quantitative estimate of drug-likeness (QED) is 0.402. The summed E-state index contributed by atoms with van der Waals surface area (Å²) in [6, 6.07) is 0. The predicted octanol–water partition coefficient (Wildman–Crippen LogP) is 5.05. The highest BCUT2D eigenvalue weighted by molar-refractivity contribution is 5.86. The fourth-order valence-corrected chi connectivity index (χ4v) is 1.52. The molecule has 0 aromatic carbocycles. The van der Waals surface area contributed by atoms with Gasteiger partial charge in [-0.25, -0.2) is 9.78 Å². The topological polar surface area (TPSA) is 52.3 Å². The minimum absolute atomic E-state index is 0.175. The Hall–Kier alpha value is -2.10. The molecule has 0 aliphatic rings. The zero-order valence-electron chi connectivity index (χ0n) is 14.2. The molecule has 0 amide bonds. The van der Waals surface area contributed by atoms with Crippen LogP contribution >= 0.6 is 0 Å². The van der Waals surface area contributed by atoms with E-state index in [1.165, 1.54) is 13.4 Å². The molecule has 1 rings (SSSR count). The summed E-state index contributed by atoms with van der Waals surface area (Å²) in [5.74, 6) is 0.418. The Labute approximate surface area is 133 Å². The van der Waals surface area contributed by atoms with E-state index in [0.29, 0.717) is 11.8 Å². The molecule has 1 aromatic rings. The molecule has 22 heavy (non-hydrogen) atoms. The van der Waals surface area contributed by atoms with E-state index in [0.717, 1.165) is 12.8 Å². The number of rotatable bonds is 7. The maximum absolute atomic E-state index is 11.2. The number of methoxy groups -OCH3 is 1. The van der Waals surface area contributed by atoms with E-state index >= 15 is 0 Å². The minimum Gasteiger partial charge on any atom is -0.464 e. The zero-order valence-corrected chi connectivity index (χ0v) is 14.2. The number of carbonyl (C=O) groups is 1. The molecule has 4 heteroatoms. The van der Waals surface area contributed by atoms with E-state index < -0.39 is 5.97 Å². The number of hydrogen-bond donors (Lipinski definition) is 0. The van der Waals surface area contributed by atoms with E-state index in [9.17, 15) is 4.79 Å². The normalized spacial score (nSPS) is 12.6. The Balaban J connectivity index is 0.00000211. The second-order valence-electron chi connectivity index (χ2n) is 4.40. The van der Waals surface area contributed by atoms with E-state index in [4.69, 9.17) is 4.42 Å². The number of aromatic nitrogens is 1. The molecule has 1 heterocycles. The highest BCUT2D eigenvalue weighted by atomic mass is 16.5. The summed E-state index contributed by atoms with van der Waals surface area (Å²) in [5, 5.41) is 0. The molecule has 1 aromatic heterocycles. The Morgan fingerprint density at radius 1 is 1.36 bits per heavy atom. The van der Waals surface area contributed by atoms with E-state index in [2.05, 4.69) is 41.8 Å². The van der Waals surface area contributed by atoms with Crippen LogP contribution in [0.4, 0.5) is 0 Å². The van der Waals surface area contributed by atoms with Gasteiger partial charge in [0, 0.05) is 6.08 Å². The van der Waals surface area contributed by atoms with Gasteiger partial charge < -0.3 is 9.15 Å². The molecule has 4 nitrogen and oxygen atoms in total. The predicted molar refractivity (Wildman–Crippen MR) is 90.6 cm³/mol. The summed E-state index contributed by atoms with van der Waals surface area (Å²) < 4.78 is 9.67. The van der Waals surface area contributed by atoms with Crippen LogP contribution < -0.4 is 0 Å². The third-order valence-electron chi connectivity index (χ3n) is 2.61. The SMILES string of the molecule is CC.CC/C=C\C(C)C/C=C/C=C\c1nc(C(=O)OC)co1. The van der Waals surface area contributed by atoms with Crippen molar-refractivity contribution in [2.45, 2.75) is 40.5 Å². The average molecular weight is 305 g/mol. The molecular formula is C18H27NO3. The van der Waals surface area contributed by atoms with Crippen molar-refractivity contribution < 1.29 is 13.9 Å². The van der Waals surface area contributed by atoms with Crippen LogP contribution in [-0.2, 0) is 4.74 Å². The van der Waals surface area contributed by atoms with Crippen molar-refractivity contribution >= 4 is 12.0 Å². The summed E-state index contributed by atoms with van der Waals surface area (Å²) in [4.78, 5) is 15.2. The third kappa shape index (κ3) is 8.25. The van der Waals surface area contributed by atoms with Crippen LogP contribution in [0.25, 0.3) is 6.08 Å². The molecule has 0 N–H and O–H groups in total. The van der Waals surface area contributed by atoms with Crippen molar-refractivity contribution in [1.29, 1.82) is 0 Å². The first-order valence-corrected chi connectivity index (χ1v) is 7.71. The average Bonchev–Trinajstić information content (AvgIpc) is 3.02. The fraction of sp³-hybridized carbons (Fsp3) is 0.444. The lowest BCUT2D eigenvalue weighted by Gasteiger charge is -1.99. The number of allylic oxidation sites excluding steroid dienone is 5. The number of esters is 1. The minimum atomic E-state index is -0.500. The Kier molecular flexibility index (Phi) is 11.4. The molecular weight excluding hydrogens is 278 g/mol. The molecule has 0 bridgehead atoms. The number of nitrogens with zero attached hydrogens (tertiary/aromatic N) is 1. The van der Waals surface area contributed by atoms with Crippen molar-refractivity contribution in [2.75, 3.05) is 7.11 Å². The molecule has 0 saturated carbocycles. The smallest absolute Gasteiger partial charge is 0.360 e. The van der Waals surface area contributed by atoms with Gasteiger partial charge in [0.15, 0.2) is 5.69 Å². The van der Waals surface area contributed by atoms with Crippen LogP contribution in [0, 0.1) is 5.92 Å². The van der Waals surface area contributed by atoms with Crippen LogP contribution in [-0.4, -0.2) is 18.1 Å². The second kappa shape index (κ2) is 12.6. The first-order valence-electron chi connectivity index (χ1n) is 7.71. The van der Waals surface area contributed by atoms with Gasteiger partial charge in [-0.05, 0) is 18.8 Å². The number of ether oxygens (including phenoxy) is 1. The highest BCUT2D eigenvalue weighted by Crippen LogP contribution is 2.07. The maximum Gasteiger partial charge on any atom is 0.360 e.